The van der Waals surface area contributed by atoms with E-state index in [-0.39, 0.29) is 6.10 Å². The number of hydrogen-bond donors (Lipinski definition) is 2. The van der Waals surface area contributed by atoms with E-state index in [0.29, 0.717) is 6.42 Å². The molecule has 0 saturated heterocycles. The van der Waals surface area contributed by atoms with Crippen LogP contribution in [0.3, 0.4) is 0 Å². The summed E-state index contributed by atoms with van der Waals surface area (Å²) in [7, 11) is 0. The lowest BCUT2D eigenvalue weighted by molar-refractivity contribution is -0.137. The van der Waals surface area contributed by atoms with Crippen LogP contribution in [0, 0.1) is 0 Å². The molecule has 94 valence electrons. The standard InChI is InChI=1S/C13H19NO3/c1-4-12(13(15)16)14-10-5-7-11(8-6-10)17-9(2)3/h5-9,12,14H,4H2,1-3H3,(H,15,16). The van der Waals surface area contributed by atoms with Gasteiger partial charge < -0.3 is 15.2 Å². The molecule has 17 heavy (non-hydrogen) atoms. The van der Waals surface area contributed by atoms with Crippen LogP contribution >= 0.6 is 0 Å². The predicted molar refractivity (Wildman–Crippen MR) is 67.5 cm³/mol. The number of anilines is 1. The lowest BCUT2D eigenvalue weighted by atomic mass is 10.2. The number of nitrogens with one attached hydrogen (secondary N) is 1. The normalized spacial score (nSPS) is 12.2. The van der Waals surface area contributed by atoms with Crippen molar-refractivity contribution in [3.8, 4) is 5.75 Å². The first kappa shape index (κ1) is 13.4. The van der Waals surface area contributed by atoms with Gasteiger partial charge in [0.15, 0.2) is 0 Å². The van der Waals surface area contributed by atoms with Crippen LogP contribution in [-0.4, -0.2) is 23.2 Å². The highest BCUT2D eigenvalue weighted by molar-refractivity contribution is 5.77. The van der Waals surface area contributed by atoms with Crippen LogP contribution < -0.4 is 10.1 Å². The molecule has 0 fully saturated rings. The summed E-state index contributed by atoms with van der Waals surface area (Å²) >= 11 is 0. The van der Waals surface area contributed by atoms with Gasteiger partial charge >= 0.3 is 5.97 Å². The summed E-state index contributed by atoms with van der Waals surface area (Å²) in [6.07, 6.45) is 0.677. The molecule has 1 unspecified atom stereocenters. The molecule has 1 atom stereocenters. The van der Waals surface area contributed by atoms with Crippen LogP contribution in [0.5, 0.6) is 5.75 Å². The molecule has 0 aliphatic rings. The number of ether oxygens (including phenoxy) is 1. The Morgan fingerprint density at radius 1 is 1.35 bits per heavy atom. The average molecular weight is 237 g/mol. The number of aliphatic carboxylic acids is 1. The van der Waals surface area contributed by atoms with Gasteiger partial charge in [-0.2, -0.15) is 0 Å². The van der Waals surface area contributed by atoms with E-state index in [1.54, 1.807) is 0 Å². The second-order valence-corrected chi connectivity index (χ2v) is 4.13. The van der Waals surface area contributed by atoms with Gasteiger partial charge in [-0.3, -0.25) is 0 Å². The molecule has 0 amide bonds. The second-order valence-electron chi connectivity index (χ2n) is 4.13. The van der Waals surface area contributed by atoms with Crippen molar-refractivity contribution in [3.63, 3.8) is 0 Å². The van der Waals surface area contributed by atoms with Gasteiger partial charge in [-0.05, 0) is 44.5 Å². The van der Waals surface area contributed by atoms with Crippen molar-refractivity contribution in [3.05, 3.63) is 24.3 Å². The summed E-state index contributed by atoms with van der Waals surface area (Å²) < 4.78 is 5.50. The smallest absolute Gasteiger partial charge is 0.326 e. The van der Waals surface area contributed by atoms with Crippen molar-refractivity contribution < 1.29 is 14.6 Å². The highest BCUT2D eigenvalue weighted by Crippen LogP contribution is 2.18. The molecule has 1 rings (SSSR count). The summed E-state index contributed by atoms with van der Waals surface area (Å²) in [5, 5.41) is 11.9. The predicted octanol–water partition coefficient (Wildman–Crippen LogP) is 2.75. The molecule has 0 spiro atoms. The average Bonchev–Trinajstić information content (AvgIpc) is 2.26. The molecule has 4 nitrogen and oxygen atoms in total. The largest absolute Gasteiger partial charge is 0.491 e. The zero-order valence-electron chi connectivity index (χ0n) is 10.4. The van der Waals surface area contributed by atoms with E-state index in [2.05, 4.69) is 5.32 Å². The molecule has 0 aliphatic heterocycles. The van der Waals surface area contributed by atoms with Crippen LogP contribution in [0.2, 0.25) is 0 Å². The first-order valence-electron chi connectivity index (χ1n) is 5.79. The Balaban J connectivity index is 2.64. The quantitative estimate of drug-likeness (QED) is 0.798. The van der Waals surface area contributed by atoms with Crippen molar-refractivity contribution in [2.24, 2.45) is 0 Å². The Kier molecular flexibility index (Phi) is 4.82. The Bertz CT molecular complexity index is 359. The molecular formula is C13H19NO3. The maximum atomic E-state index is 10.9. The van der Waals surface area contributed by atoms with Gasteiger partial charge in [-0.25, -0.2) is 4.79 Å². The Morgan fingerprint density at radius 2 is 1.94 bits per heavy atom. The van der Waals surface area contributed by atoms with E-state index in [1.165, 1.54) is 0 Å². The first-order valence-corrected chi connectivity index (χ1v) is 5.79. The van der Waals surface area contributed by atoms with Gasteiger partial charge in [0.2, 0.25) is 0 Å². The van der Waals surface area contributed by atoms with Crippen LogP contribution in [0.1, 0.15) is 27.2 Å². The number of benzene rings is 1. The third-order valence-corrected chi connectivity index (χ3v) is 2.27. The topological polar surface area (TPSA) is 58.6 Å². The third-order valence-electron chi connectivity index (χ3n) is 2.27. The summed E-state index contributed by atoms with van der Waals surface area (Å²) in [4.78, 5) is 10.9. The number of carbonyl (C=O) groups is 1. The van der Waals surface area contributed by atoms with E-state index >= 15 is 0 Å². The Hall–Kier alpha value is -1.71. The van der Waals surface area contributed by atoms with Crippen molar-refractivity contribution >= 4 is 11.7 Å². The minimum absolute atomic E-state index is 0.135. The number of carboxylic acid groups (broad SMARTS) is 1. The second kappa shape index (κ2) is 6.13. The van der Waals surface area contributed by atoms with Gasteiger partial charge in [0, 0.05) is 5.69 Å². The van der Waals surface area contributed by atoms with Gasteiger partial charge in [0.05, 0.1) is 6.10 Å². The van der Waals surface area contributed by atoms with Crippen LogP contribution in [0.15, 0.2) is 24.3 Å². The van der Waals surface area contributed by atoms with Crippen molar-refractivity contribution in [1.29, 1.82) is 0 Å². The van der Waals surface area contributed by atoms with E-state index in [9.17, 15) is 4.79 Å². The van der Waals surface area contributed by atoms with Gasteiger partial charge in [-0.15, -0.1) is 0 Å². The monoisotopic (exact) mass is 237 g/mol. The molecule has 1 aromatic rings. The molecule has 0 heterocycles. The minimum Gasteiger partial charge on any atom is -0.491 e. The fourth-order valence-electron chi connectivity index (χ4n) is 1.44. The summed E-state index contributed by atoms with van der Waals surface area (Å²) in [6.45, 7) is 5.76. The molecule has 0 aromatic heterocycles. The Labute approximate surface area is 102 Å². The molecule has 0 radical (unpaired) electrons. The van der Waals surface area contributed by atoms with Crippen molar-refractivity contribution in [2.75, 3.05) is 5.32 Å². The van der Waals surface area contributed by atoms with Gasteiger partial charge in [0.1, 0.15) is 11.8 Å². The SMILES string of the molecule is CCC(Nc1ccc(OC(C)C)cc1)C(=O)O. The van der Waals surface area contributed by atoms with E-state index < -0.39 is 12.0 Å². The first-order chi connectivity index (χ1) is 8.02. The molecule has 0 bridgehead atoms. The maximum Gasteiger partial charge on any atom is 0.326 e. The zero-order chi connectivity index (χ0) is 12.8. The number of hydrogen-bond acceptors (Lipinski definition) is 3. The number of carboxylic acids is 1. The summed E-state index contributed by atoms with van der Waals surface area (Å²) in [6, 6.07) is 6.76. The molecule has 0 aliphatic carbocycles. The molecule has 2 N–H and O–H groups in total. The lowest BCUT2D eigenvalue weighted by Gasteiger charge is -2.14. The highest BCUT2D eigenvalue weighted by Gasteiger charge is 2.13. The fraction of sp³-hybridized carbons (Fsp3) is 0.462. The minimum atomic E-state index is -0.838. The van der Waals surface area contributed by atoms with E-state index in [0.717, 1.165) is 11.4 Å². The van der Waals surface area contributed by atoms with Gasteiger partial charge in [0.25, 0.3) is 0 Å². The van der Waals surface area contributed by atoms with Crippen molar-refractivity contribution in [2.45, 2.75) is 39.3 Å². The van der Waals surface area contributed by atoms with Crippen LogP contribution in [-0.2, 0) is 4.79 Å². The molecule has 1 aromatic carbocycles. The Morgan fingerprint density at radius 3 is 2.35 bits per heavy atom. The highest BCUT2D eigenvalue weighted by atomic mass is 16.5. The maximum absolute atomic E-state index is 10.9. The van der Waals surface area contributed by atoms with Crippen molar-refractivity contribution in [1.82, 2.24) is 0 Å². The molecule has 4 heteroatoms. The van der Waals surface area contributed by atoms with Crippen LogP contribution in [0.4, 0.5) is 5.69 Å². The van der Waals surface area contributed by atoms with E-state index in [1.807, 2.05) is 45.0 Å². The van der Waals surface area contributed by atoms with Crippen LogP contribution in [0.25, 0.3) is 0 Å². The zero-order valence-corrected chi connectivity index (χ0v) is 10.4. The number of rotatable bonds is 6. The summed E-state index contributed by atoms with van der Waals surface area (Å²) in [5.41, 5.74) is 0.787. The third kappa shape index (κ3) is 4.34. The van der Waals surface area contributed by atoms with Gasteiger partial charge in [-0.1, -0.05) is 6.92 Å². The van der Waals surface area contributed by atoms with E-state index in [4.69, 9.17) is 9.84 Å². The fourth-order valence-corrected chi connectivity index (χ4v) is 1.44. The molecular weight excluding hydrogens is 218 g/mol. The molecule has 0 saturated carbocycles. The lowest BCUT2D eigenvalue weighted by Crippen LogP contribution is -2.28. The summed E-state index contributed by atoms with van der Waals surface area (Å²) in [5.74, 6) is -0.0519.